The summed E-state index contributed by atoms with van der Waals surface area (Å²) >= 11 is 1.12. The van der Waals surface area contributed by atoms with Gasteiger partial charge in [-0.15, -0.1) is 10.2 Å². The van der Waals surface area contributed by atoms with E-state index in [1.165, 1.54) is 23.8 Å². The molecule has 24 heavy (non-hydrogen) atoms. The van der Waals surface area contributed by atoms with Gasteiger partial charge in [-0.25, -0.2) is 0 Å². The van der Waals surface area contributed by atoms with Gasteiger partial charge in [0.15, 0.2) is 5.16 Å². The van der Waals surface area contributed by atoms with Crippen molar-refractivity contribution in [1.29, 1.82) is 0 Å². The Hall–Kier alpha value is -1.34. The zero-order chi connectivity index (χ0) is 15.8. The molecule has 2 aromatic carbocycles. The summed E-state index contributed by atoms with van der Waals surface area (Å²) in [5.41, 5.74) is 2.36. The first-order valence-corrected chi connectivity index (χ1v) is 8.47. The van der Waals surface area contributed by atoms with E-state index < -0.39 is 5.97 Å². The smallest absolute Gasteiger partial charge is 0.549 e. The van der Waals surface area contributed by atoms with Gasteiger partial charge in [0, 0.05) is 11.1 Å². The summed E-state index contributed by atoms with van der Waals surface area (Å²) in [5, 5.41) is 21.6. The number of carbonyl (C=O) groups excluding carboxylic acids is 1. The molecule has 7 heteroatoms. The van der Waals surface area contributed by atoms with E-state index in [4.69, 9.17) is 0 Å². The fraction of sp³-hybridized carbons (Fsp3) is 0.235. The van der Waals surface area contributed by atoms with E-state index in [0.717, 1.165) is 22.8 Å². The van der Waals surface area contributed by atoms with E-state index in [-0.39, 0.29) is 35.3 Å². The molecule has 0 saturated heterocycles. The second-order valence-corrected chi connectivity index (χ2v) is 6.58. The van der Waals surface area contributed by atoms with Gasteiger partial charge in [0.25, 0.3) is 0 Å². The average Bonchev–Trinajstić information content (AvgIpc) is 3.30. The standard InChI is InChI=1S/C17H15N3O2S.Na/c21-16(22)9-23-17-19-18-10-20(17)15-8-7-12(11-5-6-11)13-3-1-2-4-14(13)15;/h1-4,7-8,10-11H,5-6,9H2,(H,21,22);/q;+1/p-1. The average molecular weight is 347 g/mol. The largest absolute Gasteiger partial charge is 1.00 e. The van der Waals surface area contributed by atoms with Gasteiger partial charge in [0.1, 0.15) is 6.33 Å². The molecule has 3 aromatic rings. The third kappa shape index (κ3) is 3.37. The molecule has 1 aromatic heterocycles. The number of fused-ring (bicyclic) bond motifs is 1. The summed E-state index contributed by atoms with van der Waals surface area (Å²) in [6, 6.07) is 12.5. The second-order valence-electron chi connectivity index (χ2n) is 5.64. The van der Waals surface area contributed by atoms with Crippen molar-refractivity contribution in [1.82, 2.24) is 14.8 Å². The number of benzene rings is 2. The van der Waals surface area contributed by atoms with Crippen LogP contribution in [0.3, 0.4) is 0 Å². The van der Waals surface area contributed by atoms with Crippen LogP contribution in [-0.2, 0) is 4.79 Å². The Balaban J connectivity index is 0.00000169. The van der Waals surface area contributed by atoms with Crippen LogP contribution in [0.25, 0.3) is 16.5 Å². The first-order chi connectivity index (χ1) is 11.2. The number of carboxylic acids is 1. The second kappa shape index (κ2) is 7.27. The molecule has 0 spiro atoms. The van der Waals surface area contributed by atoms with E-state index in [2.05, 4.69) is 40.5 Å². The van der Waals surface area contributed by atoms with Gasteiger partial charge in [0.2, 0.25) is 0 Å². The van der Waals surface area contributed by atoms with Gasteiger partial charge >= 0.3 is 29.6 Å². The predicted molar refractivity (Wildman–Crippen MR) is 86.6 cm³/mol. The third-order valence-corrected chi connectivity index (χ3v) is 4.96. The van der Waals surface area contributed by atoms with Gasteiger partial charge < -0.3 is 9.90 Å². The Labute approximate surface area is 165 Å². The molecule has 0 N–H and O–H groups in total. The monoisotopic (exact) mass is 347 g/mol. The van der Waals surface area contributed by atoms with Crippen molar-refractivity contribution in [3.63, 3.8) is 0 Å². The number of rotatable bonds is 5. The molecule has 5 nitrogen and oxygen atoms in total. The summed E-state index contributed by atoms with van der Waals surface area (Å²) < 4.78 is 1.84. The molecule has 0 bridgehead atoms. The molecule has 0 amide bonds. The Kier molecular flexibility index (Phi) is 5.30. The molecule has 1 fully saturated rings. The zero-order valence-electron chi connectivity index (χ0n) is 13.3. The molecule has 1 heterocycles. The fourth-order valence-electron chi connectivity index (χ4n) is 2.88. The number of hydrogen-bond acceptors (Lipinski definition) is 5. The van der Waals surface area contributed by atoms with Crippen LogP contribution in [0.2, 0.25) is 0 Å². The van der Waals surface area contributed by atoms with Crippen molar-refractivity contribution in [2.45, 2.75) is 23.9 Å². The number of aromatic nitrogens is 3. The minimum absolute atomic E-state index is 0. The van der Waals surface area contributed by atoms with Gasteiger partial charge in [-0.1, -0.05) is 42.1 Å². The molecule has 0 unspecified atom stereocenters. The molecule has 1 saturated carbocycles. The Morgan fingerprint density at radius 2 is 1.96 bits per heavy atom. The van der Waals surface area contributed by atoms with Crippen molar-refractivity contribution >= 4 is 28.5 Å². The quantitative estimate of drug-likeness (QED) is 0.444. The van der Waals surface area contributed by atoms with E-state index in [0.29, 0.717) is 11.1 Å². The number of thioether (sulfide) groups is 1. The first-order valence-electron chi connectivity index (χ1n) is 7.49. The van der Waals surface area contributed by atoms with Crippen LogP contribution in [0, 0.1) is 0 Å². The minimum atomic E-state index is -1.11. The van der Waals surface area contributed by atoms with Crippen molar-refractivity contribution in [2.24, 2.45) is 0 Å². The van der Waals surface area contributed by atoms with Crippen LogP contribution in [0.1, 0.15) is 24.3 Å². The number of carbonyl (C=O) groups is 1. The maximum atomic E-state index is 10.7. The molecular weight excluding hydrogens is 333 g/mol. The molecule has 0 radical (unpaired) electrons. The number of hydrogen-bond donors (Lipinski definition) is 0. The van der Waals surface area contributed by atoms with Gasteiger partial charge in [-0.2, -0.15) is 0 Å². The molecule has 1 aliphatic carbocycles. The van der Waals surface area contributed by atoms with Crippen LogP contribution >= 0.6 is 11.8 Å². The van der Waals surface area contributed by atoms with Gasteiger partial charge in [-0.3, -0.25) is 4.57 Å². The normalized spacial score (nSPS) is 13.7. The van der Waals surface area contributed by atoms with Crippen molar-refractivity contribution in [2.75, 3.05) is 5.75 Å². The molecule has 1 aliphatic rings. The minimum Gasteiger partial charge on any atom is -0.549 e. The van der Waals surface area contributed by atoms with Crippen molar-refractivity contribution < 1.29 is 39.5 Å². The first kappa shape index (κ1) is 17.5. The third-order valence-electron chi connectivity index (χ3n) is 4.05. The van der Waals surface area contributed by atoms with Gasteiger partial charge in [-0.05, 0) is 35.8 Å². The fourth-order valence-corrected chi connectivity index (χ4v) is 3.51. The topological polar surface area (TPSA) is 70.8 Å². The maximum Gasteiger partial charge on any atom is 1.00 e. The van der Waals surface area contributed by atoms with Crippen LogP contribution in [0.4, 0.5) is 0 Å². The van der Waals surface area contributed by atoms with Crippen molar-refractivity contribution in [3.05, 3.63) is 48.3 Å². The number of carboxylic acid groups (broad SMARTS) is 1. The summed E-state index contributed by atoms with van der Waals surface area (Å²) in [7, 11) is 0. The Bertz CT molecular complexity index is 892. The summed E-state index contributed by atoms with van der Waals surface area (Å²) in [6.07, 6.45) is 4.13. The summed E-state index contributed by atoms with van der Waals surface area (Å²) in [4.78, 5) is 10.7. The Morgan fingerprint density at radius 1 is 1.21 bits per heavy atom. The van der Waals surface area contributed by atoms with Crippen LogP contribution in [0.15, 0.2) is 47.9 Å². The van der Waals surface area contributed by atoms with E-state index in [1.807, 2.05) is 10.6 Å². The summed E-state index contributed by atoms with van der Waals surface area (Å²) in [6.45, 7) is 0. The summed E-state index contributed by atoms with van der Waals surface area (Å²) in [5.74, 6) is -0.586. The predicted octanol–water partition coefficient (Wildman–Crippen LogP) is -0.856. The van der Waals surface area contributed by atoms with E-state index >= 15 is 0 Å². The molecule has 0 aliphatic heterocycles. The molecule has 0 atom stereocenters. The molecule has 4 rings (SSSR count). The molecular formula is C17H14N3NaO2S. The number of nitrogens with zero attached hydrogens (tertiary/aromatic N) is 3. The Morgan fingerprint density at radius 3 is 2.67 bits per heavy atom. The zero-order valence-corrected chi connectivity index (χ0v) is 16.1. The maximum absolute atomic E-state index is 10.7. The van der Waals surface area contributed by atoms with E-state index in [1.54, 1.807) is 6.33 Å². The number of aliphatic carboxylic acids is 1. The SMILES string of the molecule is O=C([O-])CSc1nncn1-c1ccc(C2CC2)c2ccccc12.[Na+]. The van der Waals surface area contributed by atoms with Crippen LogP contribution in [0.5, 0.6) is 0 Å². The van der Waals surface area contributed by atoms with E-state index in [9.17, 15) is 9.90 Å². The van der Waals surface area contributed by atoms with Crippen molar-refractivity contribution in [3.8, 4) is 5.69 Å². The molecule has 116 valence electrons. The van der Waals surface area contributed by atoms with Gasteiger partial charge in [0.05, 0.1) is 11.7 Å². The van der Waals surface area contributed by atoms with Crippen LogP contribution < -0.4 is 34.7 Å². The van der Waals surface area contributed by atoms with Crippen LogP contribution in [-0.4, -0.2) is 26.5 Å².